The van der Waals surface area contributed by atoms with E-state index >= 15 is 0 Å². The van der Waals surface area contributed by atoms with Crippen molar-refractivity contribution in [1.29, 1.82) is 0 Å². The number of nitrogens with one attached hydrogen (secondary N) is 1. The Bertz CT molecular complexity index is 735. The van der Waals surface area contributed by atoms with E-state index in [-0.39, 0.29) is 51.0 Å². The van der Waals surface area contributed by atoms with Crippen LogP contribution in [0.3, 0.4) is 0 Å². The normalized spacial score (nSPS) is 9.68. The third-order valence-electron chi connectivity index (χ3n) is 2.71. The first-order valence-corrected chi connectivity index (χ1v) is 6.54. The Labute approximate surface area is 156 Å². The number of aromatic carboxylic acids is 1. The van der Waals surface area contributed by atoms with Crippen LogP contribution in [0.15, 0.2) is 40.9 Å². The van der Waals surface area contributed by atoms with Gasteiger partial charge >= 0.3 is 35.5 Å². The second kappa shape index (κ2) is 7.64. The first-order chi connectivity index (χ1) is 9.90. The minimum atomic E-state index is -1.36. The molecule has 0 radical (unpaired) electrons. The third kappa shape index (κ3) is 4.01. The molecule has 0 aliphatic carbocycles. The number of halogens is 1. The van der Waals surface area contributed by atoms with Crippen molar-refractivity contribution in [1.82, 2.24) is 0 Å². The molecule has 6 nitrogen and oxygen atoms in total. The quantitative estimate of drug-likeness (QED) is 0.440. The summed E-state index contributed by atoms with van der Waals surface area (Å²) < 4.78 is 0.0878. The second-order valence-electron chi connectivity index (χ2n) is 4.13. The second-order valence-corrected chi connectivity index (χ2v) is 4.98. The molecule has 1 amide bonds. The Hall–Kier alpha value is -1.54. The maximum Gasteiger partial charge on any atom is 1.00 e. The molecule has 2 aromatic rings. The molecule has 108 valence electrons. The average molecular weight is 375 g/mol. The standard InChI is InChI=1S/C14H10BrNO5.Na/c15-9-6-7(5-8(12(9)18)14(20)21)13(19)16-10-3-1-2-4-11(10)17;/h1-6,17-18H,(H,16,19)(H,20,21);/q;+1. The van der Waals surface area contributed by atoms with Crippen LogP contribution in [0.4, 0.5) is 5.69 Å². The van der Waals surface area contributed by atoms with Crippen LogP contribution >= 0.6 is 15.9 Å². The Morgan fingerprint density at radius 1 is 1.09 bits per heavy atom. The number of carbonyl (C=O) groups is 2. The molecule has 2 aromatic carbocycles. The fourth-order valence-electron chi connectivity index (χ4n) is 1.67. The first-order valence-electron chi connectivity index (χ1n) is 5.75. The monoisotopic (exact) mass is 374 g/mol. The van der Waals surface area contributed by atoms with E-state index < -0.39 is 23.2 Å². The number of hydrogen-bond donors (Lipinski definition) is 4. The van der Waals surface area contributed by atoms with Gasteiger partial charge in [-0.05, 0) is 40.2 Å². The van der Waals surface area contributed by atoms with E-state index in [1.54, 1.807) is 12.1 Å². The van der Waals surface area contributed by atoms with Gasteiger partial charge in [-0.15, -0.1) is 0 Å². The van der Waals surface area contributed by atoms with E-state index in [1.165, 1.54) is 18.2 Å². The van der Waals surface area contributed by atoms with E-state index in [9.17, 15) is 19.8 Å². The molecule has 22 heavy (non-hydrogen) atoms. The summed E-state index contributed by atoms with van der Waals surface area (Å²) in [5.41, 5.74) is -0.171. The van der Waals surface area contributed by atoms with Gasteiger partial charge in [0.25, 0.3) is 5.91 Å². The summed E-state index contributed by atoms with van der Waals surface area (Å²) in [5.74, 6) is -2.53. The van der Waals surface area contributed by atoms with Crippen molar-refractivity contribution in [2.75, 3.05) is 5.32 Å². The van der Waals surface area contributed by atoms with Crippen molar-refractivity contribution in [3.63, 3.8) is 0 Å². The molecule has 8 heteroatoms. The van der Waals surface area contributed by atoms with Gasteiger partial charge in [-0.1, -0.05) is 12.1 Å². The van der Waals surface area contributed by atoms with Gasteiger partial charge in [-0.2, -0.15) is 0 Å². The van der Waals surface area contributed by atoms with Gasteiger partial charge in [0.1, 0.15) is 17.1 Å². The molecule has 0 unspecified atom stereocenters. The van der Waals surface area contributed by atoms with Crippen LogP contribution in [0.25, 0.3) is 0 Å². The van der Waals surface area contributed by atoms with Crippen LogP contribution in [-0.2, 0) is 0 Å². The number of carbonyl (C=O) groups excluding carboxylic acids is 1. The Morgan fingerprint density at radius 3 is 2.32 bits per heavy atom. The van der Waals surface area contributed by atoms with Crippen molar-refractivity contribution in [2.45, 2.75) is 0 Å². The molecule has 0 fully saturated rings. The van der Waals surface area contributed by atoms with E-state index in [0.717, 1.165) is 6.07 Å². The zero-order chi connectivity index (χ0) is 15.6. The van der Waals surface area contributed by atoms with E-state index in [4.69, 9.17) is 5.11 Å². The third-order valence-corrected chi connectivity index (χ3v) is 3.31. The smallest absolute Gasteiger partial charge is 0.506 e. The number of carboxylic acids is 1. The summed E-state index contributed by atoms with van der Waals surface area (Å²) in [6.45, 7) is 0. The van der Waals surface area contributed by atoms with Gasteiger partial charge in [-0.3, -0.25) is 4.79 Å². The van der Waals surface area contributed by atoms with Crippen molar-refractivity contribution < 1.29 is 54.5 Å². The van der Waals surface area contributed by atoms with Gasteiger partial charge < -0.3 is 20.6 Å². The molecular weight excluding hydrogens is 365 g/mol. The predicted molar refractivity (Wildman–Crippen MR) is 78.8 cm³/mol. The molecule has 0 saturated carbocycles. The van der Waals surface area contributed by atoms with Crippen LogP contribution in [0, 0.1) is 0 Å². The van der Waals surface area contributed by atoms with Gasteiger partial charge in [0.2, 0.25) is 0 Å². The van der Waals surface area contributed by atoms with Crippen molar-refractivity contribution in [3.8, 4) is 11.5 Å². The predicted octanol–water partition coefficient (Wildman–Crippen LogP) is -0.185. The molecule has 0 saturated heterocycles. The molecule has 0 atom stereocenters. The van der Waals surface area contributed by atoms with Gasteiger partial charge in [0.05, 0.1) is 10.2 Å². The maximum atomic E-state index is 12.1. The molecule has 0 aromatic heterocycles. The SMILES string of the molecule is O=C(Nc1ccccc1O)c1cc(Br)c(O)c(C(=O)O)c1.[Na+]. The Balaban J connectivity index is 0.00000242. The number of para-hydroxylation sites is 2. The summed E-state index contributed by atoms with van der Waals surface area (Å²) in [4.78, 5) is 23.1. The number of amides is 1. The van der Waals surface area contributed by atoms with Gasteiger partial charge in [0.15, 0.2) is 0 Å². The van der Waals surface area contributed by atoms with Crippen LogP contribution in [0.5, 0.6) is 11.5 Å². The van der Waals surface area contributed by atoms with Gasteiger partial charge in [0, 0.05) is 5.56 Å². The molecule has 0 spiro atoms. The number of rotatable bonds is 3. The molecule has 0 aliphatic heterocycles. The topological polar surface area (TPSA) is 107 Å². The number of hydrogen-bond acceptors (Lipinski definition) is 4. The summed E-state index contributed by atoms with van der Waals surface area (Å²) in [5, 5.41) is 30.6. The Morgan fingerprint density at radius 2 is 1.73 bits per heavy atom. The van der Waals surface area contributed by atoms with E-state index in [2.05, 4.69) is 21.2 Å². The van der Waals surface area contributed by atoms with Crippen LogP contribution in [0.2, 0.25) is 0 Å². The van der Waals surface area contributed by atoms with Crippen molar-refractivity contribution >= 4 is 33.5 Å². The number of phenols is 2. The zero-order valence-corrected chi connectivity index (χ0v) is 15.1. The van der Waals surface area contributed by atoms with Gasteiger partial charge in [-0.25, -0.2) is 4.79 Å². The number of aromatic hydroxyl groups is 2. The largest absolute Gasteiger partial charge is 1.00 e. The molecule has 0 bridgehead atoms. The van der Waals surface area contributed by atoms with Crippen LogP contribution < -0.4 is 34.9 Å². The number of phenolic OH excluding ortho intramolecular Hbond substituents is 1. The Kier molecular flexibility index (Phi) is 6.43. The summed E-state index contributed by atoms with van der Waals surface area (Å²) >= 11 is 2.99. The first kappa shape index (κ1) is 18.5. The molecule has 4 N–H and O–H groups in total. The van der Waals surface area contributed by atoms with E-state index in [0.29, 0.717) is 0 Å². The fraction of sp³-hybridized carbons (Fsp3) is 0. The number of carboxylic acid groups (broad SMARTS) is 1. The molecular formula is C14H10BrNNaO5+. The van der Waals surface area contributed by atoms with Crippen LogP contribution in [-0.4, -0.2) is 27.2 Å². The van der Waals surface area contributed by atoms with Crippen LogP contribution in [0.1, 0.15) is 20.7 Å². The molecule has 0 heterocycles. The van der Waals surface area contributed by atoms with E-state index in [1.807, 2.05) is 0 Å². The zero-order valence-electron chi connectivity index (χ0n) is 11.5. The fourth-order valence-corrected chi connectivity index (χ4v) is 2.13. The summed E-state index contributed by atoms with van der Waals surface area (Å²) in [6.07, 6.45) is 0. The minimum absolute atomic E-state index is 0. The van der Waals surface area contributed by atoms with Crippen molar-refractivity contribution in [2.24, 2.45) is 0 Å². The summed E-state index contributed by atoms with van der Waals surface area (Å²) in [7, 11) is 0. The number of anilines is 1. The average Bonchev–Trinajstić information content (AvgIpc) is 2.43. The number of benzene rings is 2. The van der Waals surface area contributed by atoms with Crippen molar-refractivity contribution in [3.05, 3.63) is 52.0 Å². The minimum Gasteiger partial charge on any atom is -0.506 e. The summed E-state index contributed by atoms with van der Waals surface area (Å²) in [6, 6.07) is 8.48. The molecule has 0 aliphatic rings. The molecule has 2 rings (SSSR count). The maximum absolute atomic E-state index is 12.1.